The molecule has 2 aliphatic rings. The number of nitrogens with zero attached hydrogens (tertiary/aromatic N) is 1. The molecule has 3 rings (SSSR count). The fourth-order valence-electron chi connectivity index (χ4n) is 2.28. The van der Waals surface area contributed by atoms with Crippen molar-refractivity contribution in [2.75, 3.05) is 11.5 Å². The van der Waals surface area contributed by atoms with E-state index in [0.717, 1.165) is 9.37 Å². The van der Waals surface area contributed by atoms with E-state index >= 15 is 0 Å². The van der Waals surface area contributed by atoms with Crippen molar-refractivity contribution in [3.8, 4) is 0 Å². The first-order valence-electron chi connectivity index (χ1n) is 6.51. The Morgan fingerprint density at radius 2 is 2.05 bits per heavy atom. The normalized spacial score (nSPS) is 20.3. The lowest BCUT2D eigenvalue weighted by atomic mass is 10.1. The molecular weight excluding hydrogens is 356 g/mol. The highest BCUT2D eigenvalue weighted by atomic mass is 79.9. The van der Waals surface area contributed by atoms with Crippen LogP contribution in [0.5, 0.6) is 0 Å². The highest BCUT2D eigenvalue weighted by Crippen LogP contribution is 2.33. The average Bonchev–Trinajstić information content (AvgIpc) is 3.03. The summed E-state index contributed by atoms with van der Waals surface area (Å²) in [6.07, 6.45) is -1.13. The summed E-state index contributed by atoms with van der Waals surface area (Å²) in [6.45, 7) is 1.80. The number of amides is 2. The summed E-state index contributed by atoms with van der Waals surface area (Å²) in [5.41, 5.74) is 2.58. The van der Waals surface area contributed by atoms with Crippen molar-refractivity contribution in [2.24, 2.45) is 0 Å². The van der Waals surface area contributed by atoms with Gasteiger partial charge in [-0.3, -0.25) is 19.9 Å². The Bertz CT molecular complexity index is 698. The van der Waals surface area contributed by atoms with E-state index < -0.39 is 23.9 Å². The molecule has 1 aromatic carbocycles. The number of hydroxylamine groups is 1. The zero-order valence-corrected chi connectivity index (χ0v) is 13.0. The van der Waals surface area contributed by atoms with E-state index in [-0.39, 0.29) is 17.9 Å². The van der Waals surface area contributed by atoms with Gasteiger partial charge in [-0.15, -0.1) is 0 Å². The number of hydrogen-bond donors (Lipinski definition) is 1. The van der Waals surface area contributed by atoms with Gasteiger partial charge in [-0.2, -0.15) is 0 Å². The fourth-order valence-corrected chi connectivity index (χ4v) is 2.55. The van der Waals surface area contributed by atoms with Crippen LogP contribution in [0.4, 0.5) is 5.69 Å². The smallest absolute Gasteiger partial charge is 0.357 e. The number of anilines is 1. The molecular formula is C14H11BrN2O5. The molecule has 2 amide bonds. The number of carbonyl (C=O) groups is 3. The lowest BCUT2D eigenvalue weighted by Gasteiger charge is -2.15. The molecule has 0 spiro atoms. The van der Waals surface area contributed by atoms with Gasteiger partial charge in [-0.1, -0.05) is 15.9 Å². The summed E-state index contributed by atoms with van der Waals surface area (Å²) in [6, 6.07) is 6.67. The van der Waals surface area contributed by atoms with Gasteiger partial charge in [0.2, 0.25) is 0 Å². The summed E-state index contributed by atoms with van der Waals surface area (Å²) < 4.78 is 5.67. The van der Waals surface area contributed by atoms with E-state index in [0.29, 0.717) is 5.69 Å². The average molecular weight is 367 g/mol. The van der Waals surface area contributed by atoms with Gasteiger partial charge in [0.15, 0.2) is 11.8 Å². The molecule has 22 heavy (non-hydrogen) atoms. The Balaban J connectivity index is 1.99. The molecule has 0 radical (unpaired) electrons. The third-order valence-electron chi connectivity index (χ3n) is 3.25. The van der Waals surface area contributed by atoms with E-state index in [1.165, 1.54) is 0 Å². The summed E-state index contributed by atoms with van der Waals surface area (Å²) in [5, 5.41) is 0. The predicted molar refractivity (Wildman–Crippen MR) is 78.3 cm³/mol. The van der Waals surface area contributed by atoms with E-state index in [1.807, 2.05) is 0 Å². The number of fused-ring (bicyclic) bond motifs is 1. The van der Waals surface area contributed by atoms with Gasteiger partial charge in [0.1, 0.15) is 0 Å². The molecule has 2 heterocycles. The van der Waals surface area contributed by atoms with Crippen LogP contribution in [0.25, 0.3) is 0 Å². The van der Waals surface area contributed by atoms with Crippen molar-refractivity contribution in [1.82, 2.24) is 5.48 Å². The van der Waals surface area contributed by atoms with Gasteiger partial charge in [0, 0.05) is 4.47 Å². The zero-order chi connectivity index (χ0) is 15.9. The van der Waals surface area contributed by atoms with Crippen LogP contribution in [-0.2, 0) is 24.0 Å². The highest BCUT2D eigenvalue weighted by Gasteiger charge is 2.52. The van der Waals surface area contributed by atoms with Crippen LogP contribution in [0.3, 0.4) is 0 Å². The molecule has 7 nitrogen and oxygen atoms in total. The van der Waals surface area contributed by atoms with Crippen LogP contribution in [0.1, 0.15) is 6.92 Å². The van der Waals surface area contributed by atoms with Gasteiger partial charge in [0.25, 0.3) is 11.8 Å². The van der Waals surface area contributed by atoms with Crippen LogP contribution in [0.15, 0.2) is 40.0 Å². The third-order valence-corrected chi connectivity index (χ3v) is 3.78. The van der Waals surface area contributed by atoms with Gasteiger partial charge in [0.05, 0.1) is 17.9 Å². The number of hydrogen-bond acceptors (Lipinski definition) is 6. The van der Waals surface area contributed by atoms with E-state index in [4.69, 9.17) is 9.57 Å². The summed E-state index contributed by atoms with van der Waals surface area (Å²) in [4.78, 5) is 42.7. The number of halogens is 1. The van der Waals surface area contributed by atoms with Crippen molar-refractivity contribution in [3.63, 3.8) is 0 Å². The molecule has 1 aromatic rings. The number of ether oxygens (including phenoxy) is 1. The molecule has 114 valence electrons. The second kappa shape index (κ2) is 5.54. The van der Waals surface area contributed by atoms with E-state index in [1.54, 1.807) is 31.2 Å². The Labute approximate surface area is 133 Å². The molecule has 1 fully saturated rings. The monoisotopic (exact) mass is 366 g/mol. The first-order chi connectivity index (χ1) is 10.5. The third kappa shape index (κ3) is 2.20. The molecule has 0 unspecified atom stereocenters. The standard InChI is InChI=1S/C14H11BrN2O5/c1-2-21-14(20)10-9-11(22-16-10)13(19)17(12(9)18)8-5-3-7(15)4-6-8/h3-6,11,16H,2H2,1H3/t11-/m0/s1. The van der Waals surface area contributed by atoms with Crippen LogP contribution < -0.4 is 10.4 Å². The van der Waals surface area contributed by atoms with Crippen molar-refractivity contribution < 1.29 is 24.0 Å². The van der Waals surface area contributed by atoms with E-state index in [2.05, 4.69) is 21.4 Å². The number of nitrogens with one attached hydrogen (secondary N) is 1. The van der Waals surface area contributed by atoms with Crippen LogP contribution in [0.2, 0.25) is 0 Å². The minimum absolute atomic E-state index is 0.0219. The summed E-state index contributed by atoms with van der Waals surface area (Å²) >= 11 is 3.29. The molecule has 1 N–H and O–H groups in total. The molecule has 0 bridgehead atoms. The minimum Gasteiger partial charge on any atom is -0.461 e. The SMILES string of the molecule is CCOC(=O)C1=C2C(=O)N(c3ccc(Br)cc3)C(=O)[C@H]2ON1. The Morgan fingerprint density at radius 3 is 2.68 bits per heavy atom. The molecule has 0 saturated carbocycles. The van der Waals surface area contributed by atoms with Gasteiger partial charge < -0.3 is 4.74 Å². The first-order valence-corrected chi connectivity index (χ1v) is 7.30. The Kier molecular flexibility index (Phi) is 3.71. The Morgan fingerprint density at radius 1 is 1.36 bits per heavy atom. The molecule has 0 aromatic heterocycles. The molecule has 8 heteroatoms. The molecule has 1 saturated heterocycles. The summed E-state index contributed by atoms with van der Waals surface area (Å²) in [7, 11) is 0. The maximum Gasteiger partial charge on any atom is 0.357 e. The van der Waals surface area contributed by atoms with Crippen molar-refractivity contribution in [3.05, 3.63) is 40.0 Å². The van der Waals surface area contributed by atoms with Gasteiger partial charge >= 0.3 is 5.97 Å². The number of esters is 1. The number of benzene rings is 1. The zero-order valence-electron chi connectivity index (χ0n) is 11.5. The predicted octanol–water partition coefficient (Wildman–Crippen LogP) is 1.04. The number of imide groups is 1. The molecule has 2 aliphatic heterocycles. The van der Waals surface area contributed by atoms with Crippen LogP contribution >= 0.6 is 15.9 Å². The fraction of sp³-hybridized carbons (Fsp3) is 0.214. The topological polar surface area (TPSA) is 84.9 Å². The minimum atomic E-state index is -1.13. The quantitative estimate of drug-likeness (QED) is 0.635. The second-order valence-electron chi connectivity index (χ2n) is 4.56. The maximum atomic E-state index is 12.5. The number of carbonyl (C=O) groups excluding carboxylic acids is 3. The van der Waals surface area contributed by atoms with Crippen molar-refractivity contribution >= 4 is 39.4 Å². The second-order valence-corrected chi connectivity index (χ2v) is 5.48. The van der Waals surface area contributed by atoms with E-state index in [9.17, 15) is 14.4 Å². The number of rotatable bonds is 3. The summed E-state index contributed by atoms with van der Waals surface area (Å²) in [5.74, 6) is -1.86. The first kappa shape index (κ1) is 14.7. The van der Waals surface area contributed by atoms with Crippen molar-refractivity contribution in [2.45, 2.75) is 13.0 Å². The van der Waals surface area contributed by atoms with Crippen LogP contribution in [0, 0.1) is 0 Å². The molecule has 1 atom stereocenters. The lowest BCUT2D eigenvalue weighted by Crippen LogP contribution is -2.35. The van der Waals surface area contributed by atoms with Crippen molar-refractivity contribution in [1.29, 1.82) is 0 Å². The molecule has 0 aliphatic carbocycles. The Hall–Kier alpha value is -2.19. The maximum absolute atomic E-state index is 12.5. The van der Waals surface area contributed by atoms with Gasteiger partial charge in [-0.05, 0) is 31.2 Å². The van der Waals surface area contributed by atoms with Gasteiger partial charge in [-0.25, -0.2) is 9.69 Å². The largest absolute Gasteiger partial charge is 0.461 e. The van der Waals surface area contributed by atoms with Crippen LogP contribution in [-0.4, -0.2) is 30.5 Å². The lowest BCUT2D eigenvalue weighted by molar-refractivity contribution is -0.141. The highest BCUT2D eigenvalue weighted by molar-refractivity contribution is 9.10.